The first-order valence-electron chi connectivity index (χ1n) is 7.43. The molecule has 0 bridgehead atoms. The smallest absolute Gasteiger partial charge is 0.339 e. The second kappa shape index (κ2) is 7.48. The SMILES string of the molecule is CCOc1cc(S(=O)(=O)Oc2c(Cl)cc(Cl)c3cccnc23)ccc1Cl. The highest BCUT2D eigenvalue weighted by molar-refractivity contribution is 7.87. The minimum Gasteiger partial charge on any atom is -0.492 e. The highest BCUT2D eigenvalue weighted by Gasteiger charge is 2.23. The number of hydrogen-bond acceptors (Lipinski definition) is 5. The van der Waals surface area contributed by atoms with Gasteiger partial charge in [0.1, 0.15) is 16.2 Å². The number of hydrogen-bond donors (Lipinski definition) is 0. The summed E-state index contributed by atoms with van der Waals surface area (Å²) in [4.78, 5) is 4.01. The summed E-state index contributed by atoms with van der Waals surface area (Å²) in [6.07, 6.45) is 1.49. The highest BCUT2D eigenvalue weighted by atomic mass is 35.5. The van der Waals surface area contributed by atoms with E-state index in [2.05, 4.69) is 4.98 Å². The Morgan fingerprint density at radius 2 is 1.81 bits per heavy atom. The van der Waals surface area contributed by atoms with E-state index in [4.69, 9.17) is 43.7 Å². The van der Waals surface area contributed by atoms with E-state index in [-0.39, 0.29) is 26.9 Å². The van der Waals surface area contributed by atoms with Gasteiger partial charge in [-0.3, -0.25) is 4.98 Å². The van der Waals surface area contributed by atoms with Crippen molar-refractivity contribution in [2.75, 3.05) is 6.61 Å². The third-order valence-electron chi connectivity index (χ3n) is 3.43. The Kier molecular flexibility index (Phi) is 5.48. The molecule has 0 amide bonds. The maximum absolute atomic E-state index is 12.7. The molecule has 0 saturated heterocycles. The molecule has 5 nitrogen and oxygen atoms in total. The third kappa shape index (κ3) is 3.69. The zero-order chi connectivity index (χ0) is 18.9. The second-order valence-corrected chi connectivity index (χ2v) is 7.90. The average Bonchev–Trinajstić information content (AvgIpc) is 2.60. The summed E-state index contributed by atoms with van der Waals surface area (Å²) in [5.74, 6) is 0.142. The molecule has 26 heavy (non-hydrogen) atoms. The first-order chi connectivity index (χ1) is 12.3. The summed E-state index contributed by atoms with van der Waals surface area (Å²) < 4.78 is 36.0. The maximum atomic E-state index is 12.7. The van der Waals surface area contributed by atoms with Crippen molar-refractivity contribution >= 4 is 55.8 Å². The Morgan fingerprint density at radius 1 is 1.04 bits per heavy atom. The minimum absolute atomic E-state index is 0.0313. The van der Waals surface area contributed by atoms with Gasteiger partial charge >= 0.3 is 10.1 Å². The lowest BCUT2D eigenvalue weighted by Gasteiger charge is -2.13. The van der Waals surface area contributed by atoms with E-state index >= 15 is 0 Å². The van der Waals surface area contributed by atoms with Gasteiger partial charge in [-0.15, -0.1) is 0 Å². The van der Waals surface area contributed by atoms with Gasteiger partial charge in [0, 0.05) is 17.6 Å². The summed E-state index contributed by atoms with van der Waals surface area (Å²) >= 11 is 18.3. The molecule has 0 unspecified atom stereocenters. The van der Waals surface area contributed by atoms with Crippen LogP contribution < -0.4 is 8.92 Å². The van der Waals surface area contributed by atoms with Crippen molar-refractivity contribution in [3.8, 4) is 11.5 Å². The van der Waals surface area contributed by atoms with Crippen LogP contribution in [0.3, 0.4) is 0 Å². The second-order valence-electron chi connectivity index (χ2n) is 5.13. The van der Waals surface area contributed by atoms with Crippen LogP contribution in [0.5, 0.6) is 11.5 Å². The molecule has 0 aliphatic heterocycles. The van der Waals surface area contributed by atoms with Crippen molar-refractivity contribution < 1.29 is 17.3 Å². The number of ether oxygens (including phenoxy) is 1. The molecule has 136 valence electrons. The van der Waals surface area contributed by atoms with E-state index in [1.54, 1.807) is 19.1 Å². The topological polar surface area (TPSA) is 65.5 Å². The lowest BCUT2D eigenvalue weighted by atomic mass is 10.2. The molecular formula is C17H12Cl3NO4S. The van der Waals surface area contributed by atoms with Crippen LogP contribution >= 0.6 is 34.8 Å². The van der Waals surface area contributed by atoms with E-state index in [0.717, 1.165) is 0 Å². The average molecular weight is 433 g/mol. The standard InChI is InChI=1S/C17H12Cl3NO4S/c1-2-24-15-8-10(5-6-12(15)18)26(22,23)25-17-14(20)9-13(19)11-4-3-7-21-16(11)17/h3-9H,2H2,1H3. The molecule has 0 aliphatic rings. The lowest BCUT2D eigenvalue weighted by molar-refractivity contribution is 0.339. The maximum Gasteiger partial charge on any atom is 0.339 e. The Balaban J connectivity index is 2.09. The Labute approximate surface area is 165 Å². The van der Waals surface area contributed by atoms with Crippen molar-refractivity contribution in [1.29, 1.82) is 0 Å². The van der Waals surface area contributed by atoms with Gasteiger partial charge in [0.25, 0.3) is 0 Å². The van der Waals surface area contributed by atoms with Crippen molar-refractivity contribution in [2.24, 2.45) is 0 Å². The molecule has 3 aromatic rings. The molecule has 0 atom stereocenters. The lowest BCUT2D eigenvalue weighted by Crippen LogP contribution is -2.11. The summed E-state index contributed by atoms with van der Waals surface area (Å²) in [5, 5.41) is 1.19. The van der Waals surface area contributed by atoms with E-state index in [0.29, 0.717) is 22.0 Å². The first kappa shape index (κ1) is 19.0. The Bertz CT molecular complexity index is 1090. The number of rotatable bonds is 5. The van der Waals surface area contributed by atoms with Gasteiger partial charge in [-0.2, -0.15) is 8.42 Å². The molecule has 2 aromatic carbocycles. The zero-order valence-corrected chi connectivity index (χ0v) is 16.5. The van der Waals surface area contributed by atoms with Crippen molar-refractivity contribution in [1.82, 2.24) is 4.98 Å². The highest BCUT2D eigenvalue weighted by Crippen LogP contribution is 2.38. The van der Waals surface area contributed by atoms with Crippen LogP contribution in [0.4, 0.5) is 0 Å². The fraction of sp³-hybridized carbons (Fsp3) is 0.118. The third-order valence-corrected chi connectivity index (χ3v) is 5.56. The predicted molar refractivity (Wildman–Crippen MR) is 102 cm³/mol. The quantitative estimate of drug-likeness (QED) is 0.508. The molecule has 0 aliphatic carbocycles. The molecule has 0 spiro atoms. The van der Waals surface area contributed by atoms with Gasteiger partial charge in [-0.05, 0) is 37.3 Å². The molecule has 0 radical (unpaired) electrons. The fourth-order valence-corrected chi connectivity index (χ4v) is 4.03. The van der Waals surface area contributed by atoms with Crippen LogP contribution in [-0.2, 0) is 10.1 Å². The Hall–Kier alpha value is -1.73. The van der Waals surface area contributed by atoms with E-state index in [1.165, 1.54) is 30.5 Å². The number of nitrogens with zero attached hydrogens (tertiary/aromatic N) is 1. The molecule has 0 saturated carbocycles. The van der Waals surface area contributed by atoms with Crippen LogP contribution in [0.2, 0.25) is 15.1 Å². The van der Waals surface area contributed by atoms with E-state index < -0.39 is 10.1 Å². The van der Waals surface area contributed by atoms with Gasteiger partial charge in [0.2, 0.25) is 0 Å². The summed E-state index contributed by atoms with van der Waals surface area (Å²) in [6.45, 7) is 2.10. The van der Waals surface area contributed by atoms with Gasteiger partial charge in [-0.25, -0.2) is 0 Å². The number of aromatic nitrogens is 1. The largest absolute Gasteiger partial charge is 0.492 e. The minimum atomic E-state index is -4.20. The van der Waals surface area contributed by atoms with Gasteiger partial charge in [0.05, 0.1) is 21.7 Å². The van der Waals surface area contributed by atoms with E-state index in [9.17, 15) is 8.42 Å². The molecule has 1 aromatic heterocycles. The van der Waals surface area contributed by atoms with Crippen LogP contribution in [0.15, 0.2) is 47.5 Å². The van der Waals surface area contributed by atoms with Gasteiger partial charge < -0.3 is 8.92 Å². The number of benzene rings is 2. The molecular weight excluding hydrogens is 421 g/mol. The Morgan fingerprint density at radius 3 is 2.54 bits per heavy atom. The van der Waals surface area contributed by atoms with Crippen LogP contribution in [0.25, 0.3) is 10.9 Å². The number of halogens is 3. The summed E-state index contributed by atoms with van der Waals surface area (Å²) in [5.41, 5.74) is 0.243. The van der Waals surface area contributed by atoms with Crippen LogP contribution in [0.1, 0.15) is 6.92 Å². The molecule has 1 heterocycles. The van der Waals surface area contributed by atoms with Crippen LogP contribution in [-0.4, -0.2) is 20.0 Å². The molecule has 9 heteroatoms. The van der Waals surface area contributed by atoms with Crippen molar-refractivity contribution in [3.63, 3.8) is 0 Å². The summed E-state index contributed by atoms with van der Waals surface area (Å²) in [7, 11) is -4.20. The van der Waals surface area contributed by atoms with Gasteiger partial charge in [0.15, 0.2) is 5.75 Å². The molecule has 0 N–H and O–H groups in total. The zero-order valence-electron chi connectivity index (χ0n) is 13.4. The van der Waals surface area contributed by atoms with Crippen molar-refractivity contribution in [2.45, 2.75) is 11.8 Å². The van der Waals surface area contributed by atoms with Crippen molar-refractivity contribution in [3.05, 3.63) is 57.7 Å². The monoisotopic (exact) mass is 431 g/mol. The summed E-state index contributed by atoms with van der Waals surface area (Å²) in [6, 6.07) is 8.80. The van der Waals surface area contributed by atoms with Crippen LogP contribution in [0, 0.1) is 0 Å². The molecule has 3 rings (SSSR count). The number of pyridine rings is 1. The number of fused-ring (bicyclic) bond motifs is 1. The van der Waals surface area contributed by atoms with E-state index in [1.807, 2.05) is 0 Å². The van der Waals surface area contributed by atoms with Gasteiger partial charge in [-0.1, -0.05) is 34.8 Å². The normalized spacial score (nSPS) is 11.5. The fourth-order valence-electron chi connectivity index (χ4n) is 2.29. The first-order valence-corrected chi connectivity index (χ1v) is 9.97. The molecule has 0 fully saturated rings. The predicted octanol–water partition coefficient (Wildman–Crippen LogP) is 5.36.